The van der Waals surface area contributed by atoms with Gasteiger partial charge in [-0.15, -0.1) is 0 Å². The van der Waals surface area contributed by atoms with Crippen LogP contribution in [0.1, 0.15) is 27.9 Å². The number of nitrogens with zero attached hydrogens (tertiary/aromatic N) is 3. The Balaban J connectivity index is 1.69. The molecule has 0 spiro atoms. The second-order valence-electron chi connectivity index (χ2n) is 6.32. The van der Waals surface area contributed by atoms with Crippen molar-refractivity contribution in [2.75, 3.05) is 11.4 Å². The summed E-state index contributed by atoms with van der Waals surface area (Å²) < 4.78 is 16.2. The lowest BCUT2D eigenvalue weighted by Gasteiger charge is -2.29. The molecule has 5 heteroatoms. The number of benzene rings is 2. The summed E-state index contributed by atoms with van der Waals surface area (Å²) in [6.45, 7) is 2.39. The van der Waals surface area contributed by atoms with E-state index in [0.29, 0.717) is 17.8 Å². The largest absolute Gasteiger partial charge is 0.305 e. The molecule has 126 valence electrons. The normalized spacial score (nSPS) is 13.6. The Morgan fingerprint density at radius 1 is 1.20 bits per heavy atom. The average molecular weight is 335 g/mol. The first kappa shape index (κ1) is 15.6. The van der Waals surface area contributed by atoms with Crippen molar-refractivity contribution in [3.63, 3.8) is 0 Å². The highest BCUT2D eigenvalue weighted by Crippen LogP contribution is 2.32. The standard InChI is InChI=1S/C20H18FN3O/c1-14-10-15-6-5-9-23(19(15)18(21)11-14)20(25)16-12-22-24(13-16)17-7-3-2-4-8-17/h2-4,7-8,10-13H,5-6,9H2,1H3. The first-order valence-corrected chi connectivity index (χ1v) is 8.34. The Morgan fingerprint density at radius 2 is 2.00 bits per heavy atom. The van der Waals surface area contributed by atoms with E-state index in [1.54, 1.807) is 15.8 Å². The van der Waals surface area contributed by atoms with Crippen LogP contribution in [0.15, 0.2) is 54.9 Å². The molecule has 1 amide bonds. The van der Waals surface area contributed by atoms with E-state index in [2.05, 4.69) is 5.10 Å². The molecule has 0 radical (unpaired) electrons. The predicted molar refractivity (Wildman–Crippen MR) is 94.7 cm³/mol. The minimum atomic E-state index is -0.335. The number of rotatable bonds is 2. The molecule has 0 N–H and O–H groups in total. The summed E-state index contributed by atoms with van der Waals surface area (Å²) in [5, 5.41) is 4.27. The summed E-state index contributed by atoms with van der Waals surface area (Å²) in [6, 6.07) is 13.0. The third kappa shape index (κ3) is 2.82. The maximum Gasteiger partial charge on any atom is 0.261 e. The van der Waals surface area contributed by atoms with Gasteiger partial charge in [-0.05, 0) is 49.1 Å². The van der Waals surface area contributed by atoms with Crippen LogP contribution in [0.4, 0.5) is 10.1 Å². The zero-order valence-corrected chi connectivity index (χ0v) is 13.9. The molecular formula is C20H18FN3O. The number of hydrogen-bond acceptors (Lipinski definition) is 2. The second kappa shape index (κ2) is 6.16. The summed E-state index contributed by atoms with van der Waals surface area (Å²) in [5.41, 5.74) is 3.52. The molecule has 0 aliphatic carbocycles. The van der Waals surface area contributed by atoms with Crippen molar-refractivity contribution >= 4 is 11.6 Å². The van der Waals surface area contributed by atoms with Gasteiger partial charge in [0.05, 0.1) is 23.1 Å². The maximum atomic E-state index is 14.5. The molecule has 0 unspecified atom stereocenters. The number of carbonyl (C=O) groups is 1. The van der Waals surface area contributed by atoms with Crippen LogP contribution in [0.3, 0.4) is 0 Å². The van der Waals surface area contributed by atoms with Gasteiger partial charge in [0.15, 0.2) is 0 Å². The monoisotopic (exact) mass is 335 g/mol. The first-order valence-electron chi connectivity index (χ1n) is 8.34. The van der Waals surface area contributed by atoms with Crippen LogP contribution in [0.5, 0.6) is 0 Å². The van der Waals surface area contributed by atoms with Gasteiger partial charge >= 0.3 is 0 Å². The van der Waals surface area contributed by atoms with Gasteiger partial charge in [-0.25, -0.2) is 9.07 Å². The van der Waals surface area contributed by atoms with Crippen LogP contribution in [0.2, 0.25) is 0 Å². The van der Waals surface area contributed by atoms with Crippen molar-refractivity contribution in [1.29, 1.82) is 0 Å². The molecule has 1 aromatic heterocycles. The SMILES string of the molecule is Cc1cc(F)c2c(c1)CCCN2C(=O)c1cnn(-c2ccccc2)c1. The molecule has 1 aliphatic heterocycles. The van der Waals surface area contributed by atoms with Crippen molar-refractivity contribution in [3.8, 4) is 5.69 Å². The maximum absolute atomic E-state index is 14.5. The summed E-state index contributed by atoms with van der Waals surface area (Å²) in [4.78, 5) is 14.5. The minimum Gasteiger partial charge on any atom is -0.305 e. The van der Waals surface area contributed by atoms with Crippen molar-refractivity contribution in [1.82, 2.24) is 9.78 Å². The van der Waals surface area contributed by atoms with Crippen molar-refractivity contribution in [2.24, 2.45) is 0 Å². The van der Waals surface area contributed by atoms with E-state index in [1.807, 2.05) is 43.3 Å². The molecule has 1 aliphatic rings. The fourth-order valence-corrected chi connectivity index (χ4v) is 3.35. The van der Waals surface area contributed by atoms with E-state index < -0.39 is 0 Å². The summed E-state index contributed by atoms with van der Waals surface area (Å²) in [7, 11) is 0. The number of fused-ring (bicyclic) bond motifs is 1. The zero-order chi connectivity index (χ0) is 17.4. The average Bonchev–Trinajstić information content (AvgIpc) is 3.11. The number of carbonyl (C=O) groups excluding carboxylic acids is 1. The van der Waals surface area contributed by atoms with Gasteiger partial charge in [-0.1, -0.05) is 24.3 Å². The molecule has 25 heavy (non-hydrogen) atoms. The molecule has 0 saturated carbocycles. The highest BCUT2D eigenvalue weighted by atomic mass is 19.1. The third-order valence-corrected chi connectivity index (χ3v) is 4.48. The molecule has 2 heterocycles. The summed E-state index contributed by atoms with van der Waals surface area (Å²) >= 11 is 0. The van der Waals surface area contributed by atoms with E-state index in [4.69, 9.17) is 0 Å². The fraction of sp³-hybridized carbons (Fsp3) is 0.200. The molecule has 3 aromatic rings. The first-order chi connectivity index (χ1) is 12.1. The third-order valence-electron chi connectivity index (χ3n) is 4.48. The van der Waals surface area contributed by atoms with Crippen molar-refractivity contribution in [3.05, 3.63) is 77.4 Å². The van der Waals surface area contributed by atoms with Gasteiger partial charge in [-0.3, -0.25) is 4.79 Å². The van der Waals surface area contributed by atoms with Gasteiger partial charge in [0.25, 0.3) is 5.91 Å². The van der Waals surface area contributed by atoms with E-state index in [9.17, 15) is 9.18 Å². The number of halogens is 1. The van der Waals surface area contributed by atoms with E-state index in [1.165, 1.54) is 12.3 Å². The van der Waals surface area contributed by atoms with Crippen LogP contribution in [0.25, 0.3) is 5.69 Å². The molecule has 2 aromatic carbocycles. The quantitative estimate of drug-likeness (QED) is 0.712. The highest BCUT2D eigenvalue weighted by molar-refractivity contribution is 6.06. The van der Waals surface area contributed by atoms with E-state index in [-0.39, 0.29) is 11.7 Å². The number of anilines is 1. The van der Waals surface area contributed by atoms with Gasteiger partial charge in [0.1, 0.15) is 5.82 Å². The van der Waals surface area contributed by atoms with Crippen LogP contribution in [-0.2, 0) is 6.42 Å². The van der Waals surface area contributed by atoms with Crippen LogP contribution >= 0.6 is 0 Å². The minimum absolute atomic E-state index is 0.217. The molecule has 0 saturated heterocycles. The molecule has 4 nitrogen and oxygen atoms in total. The highest BCUT2D eigenvalue weighted by Gasteiger charge is 2.27. The lowest BCUT2D eigenvalue weighted by molar-refractivity contribution is 0.0984. The van der Waals surface area contributed by atoms with Crippen molar-refractivity contribution < 1.29 is 9.18 Å². The van der Waals surface area contributed by atoms with Crippen molar-refractivity contribution in [2.45, 2.75) is 19.8 Å². The molecule has 4 rings (SSSR count). The molecule has 0 bridgehead atoms. The Kier molecular flexibility index (Phi) is 3.84. The lowest BCUT2D eigenvalue weighted by atomic mass is 9.98. The van der Waals surface area contributed by atoms with Gasteiger partial charge in [-0.2, -0.15) is 5.10 Å². The number of aryl methyl sites for hydroxylation is 2. The zero-order valence-electron chi connectivity index (χ0n) is 13.9. The summed E-state index contributed by atoms with van der Waals surface area (Å²) in [6.07, 6.45) is 4.85. The van der Waals surface area contributed by atoms with Crippen LogP contribution in [-0.4, -0.2) is 22.2 Å². The fourth-order valence-electron chi connectivity index (χ4n) is 3.35. The number of aromatic nitrogens is 2. The van der Waals surface area contributed by atoms with Gasteiger partial charge < -0.3 is 4.90 Å². The Morgan fingerprint density at radius 3 is 2.80 bits per heavy atom. The second-order valence-corrected chi connectivity index (χ2v) is 6.32. The topological polar surface area (TPSA) is 38.1 Å². The van der Waals surface area contributed by atoms with E-state index >= 15 is 0 Å². The van der Waals surface area contributed by atoms with E-state index in [0.717, 1.165) is 29.7 Å². The van der Waals surface area contributed by atoms with Crippen LogP contribution < -0.4 is 4.90 Å². The smallest absolute Gasteiger partial charge is 0.261 e. The lowest BCUT2D eigenvalue weighted by Crippen LogP contribution is -2.36. The van der Waals surface area contributed by atoms with Gasteiger partial charge in [0.2, 0.25) is 0 Å². The molecule has 0 fully saturated rings. The molecular weight excluding hydrogens is 317 g/mol. The van der Waals surface area contributed by atoms with Crippen LogP contribution in [0, 0.1) is 12.7 Å². The number of para-hydroxylation sites is 1. The Labute approximate surface area is 145 Å². The van der Waals surface area contributed by atoms with Gasteiger partial charge in [0, 0.05) is 12.7 Å². The summed E-state index contributed by atoms with van der Waals surface area (Å²) in [5.74, 6) is -0.551. The number of hydrogen-bond donors (Lipinski definition) is 0. The Hall–Kier alpha value is -2.95. The Bertz CT molecular complexity index is 933. The molecule has 0 atom stereocenters. The number of amides is 1. The predicted octanol–water partition coefficient (Wildman–Crippen LogP) is 3.91.